The number of hydrogen-bond donors (Lipinski definition) is 2. The number of benzene rings is 3. The van der Waals surface area contributed by atoms with E-state index >= 15 is 0 Å². The molecular weight excluding hydrogens is 408 g/mol. The van der Waals surface area contributed by atoms with Crippen LogP contribution in [-0.4, -0.2) is 29.9 Å². The Morgan fingerprint density at radius 3 is 2.16 bits per heavy atom. The van der Waals surface area contributed by atoms with Gasteiger partial charge in [0.2, 0.25) is 0 Å². The van der Waals surface area contributed by atoms with E-state index in [0.29, 0.717) is 6.61 Å². The lowest BCUT2D eigenvalue weighted by molar-refractivity contribution is 0.0693. The van der Waals surface area contributed by atoms with Gasteiger partial charge in [-0.2, -0.15) is 0 Å². The summed E-state index contributed by atoms with van der Waals surface area (Å²) in [6.45, 7) is 6.68. The molecule has 2 aromatic carbocycles. The average Bonchev–Trinajstić information content (AvgIpc) is 3.43. The van der Waals surface area contributed by atoms with Crippen molar-refractivity contribution in [3.8, 4) is 17.2 Å². The molecule has 2 aromatic heterocycles. The van der Waals surface area contributed by atoms with Crippen LogP contribution in [0.1, 0.15) is 48.7 Å². The first-order valence-corrected chi connectivity index (χ1v) is 10.5. The molecule has 0 saturated carbocycles. The third kappa shape index (κ3) is 4.64. The summed E-state index contributed by atoms with van der Waals surface area (Å²) in [6.07, 6.45) is 0.796. The van der Waals surface area contributed by atoms with Gasteiger partial charge >= 0.3 is 5.97 Å². The van der Waals surface area contributed by atoms with E-state index in [4.69, 9.17) is 13.9 Å². The molecule has 0 aliphatic carbocycles. The number of methoxy groups -OCH3 is 1. The number of carboxylic acid groups (broad SMARTS) is 1. The Bertz CT molecular complexity index is 1160. The van der Waals surface area contributed by atoms with Crippen LogP contribution in [0.5, 0.6) is 17.2 Å². The molecule has 4 aromatic rings. The summed E-state index contributed by atoms with van der Waals surface area (Å²) in [5.41, 5.74) is 3.22. The lowest BCUT2D eigenvalue weighted by Gasteiger charge is -2.30. The molecule has 0 fully saturated rings. The fourth-order valence-electron chi connectivity index (χ4n) is 3.63. The van der Waals surface area contributed by atoms with Crippen molar-refractivity contribution in [3.63, 3.8) is 0 Å². The smallest absolute Gasteiger partial charge is 0.339 e. The maximum absolute atomic E-state index is 11.3. The molecule has 2 bridgehead atoms. The molecular formula is C26H28O6. The molecule has 1 unspecified atom stereocenters. The van der Waals surface area contributed by atoms with Crippen molar-refractivity contribution in [1.82, 2.24) is 0 Å². The molecule has 0 aliphatic rings. The molecule has 0 aliphatic heterocycles. The van der Waals surface area contributed by atoms with Crippen molar-refractivity contribution < 1.29 is 28.9 Å². The number of hydrogen-bond acceptors (Lipinski definition) is 5. The quantitative estimate of drug-likeness (QED) is 0.365. The minimum absolute atomic E-state index is 0.0758. The number of carbonyl (C=O) groups is 1. The summed E-state index contributed by atoms with van der Waals surface area (Å²) in [4.78, 5) is 11.3. The van der Waals surface area contributed by atoms with Crippen LogP contribution in [0.2, 0.25) is 0 Å². The molecule has 168 valence electrons. The Morgan fingerprint density at radius 1 is 1.00 bits per heavy atom. The van der Waals surface area contributed by atoms with Crippen molar-refractivity contribution in [2.75, 3.05) is 13.7 Å². The van der Waals surface area contributed by atoms with Crippen molar-refractivity contribution in [2.24, 2.45) is 0 Å². The van der Waals surface area contributed by atoms with E-state index in [9.17, 15) is 15.0 Å². The lowest BCUT2D eigenvalue weighted by Crippen LogP contribution is -2.23. The Hall–Kier alpha value is -3.67. The number of aromatic hydroxyl groups is 1. The van der Waals surface area contributed by atoms with Crippen molar-refractivity contribution in [1.29, 1.82) is 0 Å². The van der Waals surface area contributed by atoms with Crippen LogP contribution in [0.4, 0.5) is 0 Å². The highest BCUT2D eigenvalue weighted by Crippen LogP contribution is 2.37. The van der Waals surface area contributed by atoms with Gasteiger partial charge in [-0.05, 0) is 60.9 Å². The van der Waals surface area contributed by atoms with Gasteiger partial charge in [0.1, 0.15) is 22.6 Å². The molecule has 0 spiro atoms. The van der Waals surface area contributed by atoms with Crippen LogP contribution in [0.15, 0.2) is 65.1 Å². The van der Waals surface area contributed by atoms with E-state index < -0.39 is 5.97 Å². The highest BCUT2D eigenvalue weighted by molar-refractivity contribution is 5.91. The van der Waals surface area contributed by atoms with Gasteiger partial charge in [-0.25, -0.2) is 4.79 Å². The fraction of sp³-hybridized carbons (Fsp3) is 0.269. The van der Waals surface area contributed by atoms with Gasteiger partial charge in [0, 0.05) is 11.5 Å². The summed E-state index contributed by atoms with van der Waals surface area (Å²) in [7, 11) is 1.64. The summed E-state index contributed by atoms with van der Waals surface area (Å²) < 4.78 is 15.6. The number of fused-ring (bicyclic) bond motifs is 2. The maximum atomic E-state index is 11.3. The second-order valence-corrected chi connectivity index (χ2v) is 7.59. The van der Waals surface area contributed by atoms with Gasteiger partial charge in [0.15, 0.2) is 11.3 Å². The molecule has 1 atom stereocenters. The predicted octanol–water partition coefficient (Wildman–Crippen LogP) is 6.08. The number of phenols is 1. The van der Waals surface area contributed by atoms with Gasteiger partial charge in [-0.3, -0.25) is 0 Å². The highest BCUT2D eigenvalue weighted by atomic mass is 16.5. The van der Waals surface area contributed by atoms with E-state index in [1.54, 1.807) is 19.2 Å². The third-order valence-corrected chi connectivity index (χ3v) is 5.74. The van der Waals surface area contributed by atoms with Crippen LogP contribution in [-0.2, 0) is 5.41 Å². The third-order valence-electron chi connectivity index (χ3n) is 5.74. The largest absolute Gasteiger partial charge is 0.507 e. The minimum atomic E-state index is -1.13. The first kappa shape index (κ1) is 23.0. The first-order valence-electron chi connectivity index (χ1n) is 10.5. The zero-order chi connectivity index (χ0) is 23.3. The van der Waals surface area contributed by atoms with Gasteiger partial charge in [0.25, 0.3) is 0 Å². The zero-order valence-electron chi connectivity index (χ0n) is 18.7. The molecule has 2 N–H and O–H groups in total. The van der Waals surface area contributed by atoms with E-state index in [1.807, 2.05) is 49.4 Å². The first-order chi connectivity index (χ1) is 15.3. The second-order valence-electron chi connectivity index (χ2n) is 7.59. The molecule has 6 nitrogen and oxygen atoms in total. The van der Waals surface area contributed by atoms with Crippen molar-refractivity contribution in [2.45, 2.75) is 32.6 Å². The van der Waals surface area contributed by atoms with Crippen LogP contribution >= 0.6 is 0 Å². The highest BCUT2D eigenvalue weighted by Gasteiger charge is 2.28. The lowest BCUT2D eigenvalue weighted by atomic mass is 9.74. The van der Waals surface area contributed by atoms with Gasteiger partial charge < -0.3 is 24.1 Å². The Balaban J connectivity index is 0.000000264. The Labute approximate surface area is 187 Å². The van der Waals surface area contributed by atoms with Crippen molar-refractivity contribution >= 4 is 17.1 Å². The standard InChI is InChI=1S/C19H22O4.C7H6O2/c1-4-19(3,13-6-9-15(10-7-13)23-5-2)14-8-11-17(20)16(12-14)18(21)22;1-8-7-4-5-2-3-6(7)9-5/h6-12,20H,4-5H2,1-3H3,(H,21,22);2-4H,1H3. The van der Waals surface area contributed by atoms with E-state index in [2.05, 4.69) is 13.8 Å². The van der Waals surface area contributed by atoms with Gasteiger partial charge in [-0.15, -0.1) is 0 Å². The number of ether oxygens (including phenoxy) is 2. The number of carboxylic acids is 1. The molecule has 32 heavy (non-hydrogen) atoms. The topological polar surface area (TPSA) is 89.1 Å². The van der Waals surface area contributed by atoms with E-state index in [1.165, 1.54) is 6.07 Å². The summed E-state index contributed by atoms with van der Waals surface area (Å²) in [6, 6.07) is 18.3. The molecule has 4 rings (SSSR count). The normalized spacial score (nSPS) is 12.6. The Morgan fingerprint density at radius 2 is 1.69 bits per heavy atom. The molecule has 6 heteroatoms. The van der Waals surface area contributed by atoms with Crippen LogP contribution in [0, 0.1) is 0 Å². The Kier molecular flexibility index (Phi) is 6.93. The number of furan rings is 2. The summed E-state index contributed by atoms with van der Waals surface area (Å²) >= 11 is 0. The zero-order valence-corrected chi connectivity index (χ0v) is 18.7. The van der Waals surface area contributed by atoms with Crippen LogP contribution in [0.3, 0.4) is 0 Å². The maximum Gasteiger partial charge on any atom is 0.339 e. The van der Waals surface area contributed by atoms with Crippen LogP contribution < -0.4 is 9.47 Å². The molecule has 2 heterocycles. The second kappa shape index (κ2) is 9.64. The SMILES string of the molecule is CCOc1ccc(C(C)(CC)c2ccc(O)c(C(=O)O)c2)cc1.COc1cc2ccc1o2. The predicted molar refractivity (Wildman–Crippen MR) is 123 cm³/mol. The molecule has 0 amide bonds. The summed E-state index contributed by atoms with van der Waals surface area (Å²) in [5.74, 6) is 0.292. The molecule has 0 radical (unpaired) electrons. The average molecular weight is 437 g/mol. The fourth-order valence-corrected chi connectivity index (χ4v) is 3.63. The number of aromatic carboxylic acids is 1. The van der Waals surface area contributed by atoms with E-state index in [0.717, 1.165) is 40.2 Å². The number of rotatable bonds is 7. The van der Waals surface area contributed by atoms with E-state index in [-0.39, 0.29) is 16.7 Å². The summed E-state index contributed by atoms with van der Waals surface area (Å²) in [5, 5.41) is 18.9. The minimum Gasteiger partial charge on any atom is -0.507 e. The van der Waals surface area contributed by atoms with Gasteiger partial charge in [-0.1, -0.05) is 32.0 Å². The molecule has 0 saturated heterocycles. The monoisotopic (exact) mass is 436 g/mol. The van der Waals surface area contributed by atoms with Crippen molar-refractivity contribution in [3.05, 3.63) is 77.4 Å². The van der Waals surface area contributed by atoms with Gasteiger partial charge in [0.05, 0.1) is 13.7 Å². The van der Waals surface area contributed by atoms with Crippen LogP contribution in [0.25, 0.3) is 11.2 Å².